The second-order valence-corrected chi connectivity index (χ2v) is 4.46. The summed E-state index contributed by atoms with van der Waals surface area (Å²) in [6.07, 6.45) is 7.80. The first-order valence-electron chi connectivity index (χ1n) is 4.26. The molecule has 1 aliphatic rings. The van der Waals surface area contributed by atoms with Gasteiger partial charge in [0.15, 0.2) is 0 Å². The first-order chi connectivity index (χ1) is 4.58. The lowest BCUT2D eigenvalue weighted by Crippen LogP contribution is -2.02. The van der Waals surface area contributed by atoms with Gasteiger partial charge in [-0.2, -0.15) is 0 Å². The average molecular weight is 138 g/mol. The van der Waals surface area contributed by atoms with Gasteiger partial charge >= 0.3 is 0 Å². The fourth-order valence-electron chi connectivity index (χ4n) is 0.986. The number of allylic oxidation sites excluding steroid dienone is 2. The minimum Gasteiger partial charge on any atom is -0.0853 e. The van der Waals surface area contributed by atoms with Crippen LogP contribution in [-0.2, 0) is 0 Å². The van der Waals surface area contributed by atoms with Crippen LogP contribution in [0.25, 0.3) is 0 Å². The van der Waals surface area contributed by atoms with Crippen molar-refractivity contribution in [2.45, 2.75) is 46.5 Å². The van der Waals surface area contributed by atoms with E-state index < -0.39 is 0 Å². The molecule has 0 bridgehead atoms. The highest BCUT2D eigenvalue weighted by molar-refractivity contribution is 5.15. The normalized spacial score (nSPS) is 17.3. The largest absolute Gasteiger partial charge is 0.0853 e. The molecule has 0 atom stereocenters. The second kappa shape index (κ2) is 2.77. The minimum atomic E-state index is 0.520. The zero-order valence-electron chi connectivity index (χ0n) is 7.41. The van der Waals surface area contributed by atoms with Crippen LogP contribution in [0.5, 0.6) is 0 Å². The molecule has 0 amide bonds. The van der Waals surface area contributed by atoms with E-state index in [1.54, 1.807) is 5.57 Å². The molecule has 0 aromatic heterocycles. The Bertz CT molecular complexity index is 129. The lowest BCUT2D eigenvalue weighted by atomic mass is 9.90. The lowest BCUT2D eigenvalue weighted by molar-refractivity contribution is 0.381. The molecule has 1 fully saturated rings. The maximum absolute atomic E-state index is 2.42. The summed E-state index contributed by atoms with van der Waals surface area (Å²) in [6, 6.07) is 0. The Morgan fingerprint density at radius 3 is 2.30 bits per heavy atom. The minimum absolute atomic E-state index is 0.520. The Labute approximate surface area is 64.3 Å². The van der Waals surface area contributed by atoms with Gasteiger partial charge in [0.1, 0.15) is 0 Å². The van der Waals surface area contributed by atoms with E-state index >= 15 is 0 Å². The number of rotatable bonds is 2. The Morgan fingerprint density at radius 2 is 1.90 bits per heavy atom. The zero-order chi connectivity index (χ0) is 7.61. The summed E-state index contributed by atoms with van der Waals surface area (Å²) in [7, 11) is 0. The van der Waals surface area contributed by atoms with Crippen molar-refractivity contribution in [3.05, 3.63) is 11.6 Å². The van der Waals surface area contributed by atoms with E-state index in [4.69, 9.17) is 0 Å². The fourth-order valence-corrected chi connectivity index (χ4v) is 0.986. The van der Waals surface area contributed by atoms with Crippen molar-refractivity contribution in [2.24, 2.45) is 5.41 Å². The van der Waals surface area contributed by atoms with Gasteiger partial charge in [-0.3, -0.25) is 0 Å². The Hall–Kier alpha value is -0.260. The second-order valence-electron chi connectivity index (χ2n) is 4.46. The standard InChI is InChI=1S/C10H18/c1-10(2,3)8-4-5-9-6-7-9/h5H,4,6-8H2,1-3H3. The van der Waals surface area contributed by atoms with E-state index in [0.717, 1.165) is 0 Å². The van der Waals surface area contributed by atoms with Crippen LogP contribution >= 0.6 is 0 Å². The molecule has 1 saturated carbocycles. The van der Waals surface area contributed by atoms with Crippen LogP contribution in [0.1, 0.15) is 46.5 Å². The van der Waals surface area contributed by atoms with Crippen LogP contribution in [-0.4, -0.2) is 0 Å². The summed E-state index contributed by atoms with van der Waals surface area (Å²) in [5.41, 5.74) is 2.20. The van der Waals surface area contributed by atoms with Crippen LogP contribution in [0.15, 0.2) is 11.6 Å². The topological polar surface area (TPSA) is 0 Å². The quantitative estimate of drug-likeness (QED) is 0.512. The third kappa shape index (κ3) is 3.71. The van der Waals surface area contributed by atoms with Gasteiger partial charge in [-0.25, -0.2) is 0 Å². The van der Waals surface area contributed by atoms with Gasteiger partial charge in [-0.05, 0) is 31.1 Å². The highest BCUT2D eigenvalue weighted by atomic mass is 14.2. The van der Waals surface area contributed by atoms with Crippen molar-refractivity contribution in [1.82, 2.24) is 0 Å². The summed E-state index contributed by atoms with van der Waals surface area (Å²) in [6.45, 7) is 6.91. The Morgan fingerprint density at radius 1 is 1.30 bits per heavy atom. The maximum atomic E-state index is 2.42. The third-order valence-electron chi connectivity index (χ3n) is 1.87. The number of hydrogen-bond donors (Lipinski definition) is 0. The fraction of sp³-hybridized carbons (Fsp3) is 0.800. The predicted octanol–water partition coefficient (Wildman–Crippen LogP) is 3.53. The van der Waals surface area contributed by atoms with E-state index in [0.29, 0.717) is 5.41 Å². The Balaban J connectivity index is 2.10. The van der Waals surface area contributed by atoms with Crippen molar-refractivity contribution in [2.75, 3.05) is 0 Å². The first kappa shape index (κ1) is 7.84. The van der Waals surface area contributed by atoms with E-state index in [-0.39, 0.29) is 0 Å². The van der Waals surface area contributed by atoms with Gasteiger partial charge in [0.25, 0.3) is 0 Å². The van der Waals surface area contributed by atoms with Crippen LogP contribution in [0.3, 0.4) is 0 Å². The molecule has 0 heteroatoms. The maximum Gasteiger partial charge on any atom is -0.0283 e. The van der Waals surface area contributed by atoms with Gasteiger partial charge in [-0.1, -0.05) is 32.4 Å². The van der Waals surface area contributed by atoms with Crippen LogP contribution in [0.4, 0.5) is 0 Å². The zero-order valence-corrected chi connectivity index (χ0v) is 7.41. The summed E-state index contributed by atoms with van der Waals surface area (Å²) < 4.78 is 0. The van der Waals surface area contributed by atoms with Crippen LogP contribution < -0.4 is 0 Å². The molecule has 0 aromatic rings. The van der Waals surface area contributed by atoms with E-state index in [9.17, 15) is 0 Å². The SMILES string of the molecule is CC(C)(C)CCC=C1CC1. The molecule has 1 aliphatic carbocycles. The number of hydrogen-bond acceptors (Lipinski definition) is 0. The molecule has 0 heterocycles. The summed E-state index contributed by atoms with van der Waals surface area (Å²) in [5, 5.41) is 0. The smallest absolute Gasteiger partial charge is 0.0283 e. The van der Waals surface area contributed by atoms with Gasteiger partial charge in [0, 0.05) is 0 Å². The molecule has 0 N–H and O–H groups in total. The summed E-state index contributed by atoms with van der Waals surface area (Å²) in [4.78, 5) is 0. The van der Waals surface area contributed by atoms with Gasteiger partial charge in [-0.15, -0.1) is 0 Å². The molecule has 58 valence electrons. The van der Waals surface area contributed by atoms with E-state index in [2.05, 4.69) is 26.8 Å². The van der Waals surface area contributed by atoms with Crippen molar-refractivity contribution in [3.63, 3.8) is 0 Å². The lowest BCUT2D eigenvalue weighted by Gasteiger charge is -2.15. The summed E-state index contributed by atoms with van der Waals surface area (Å²) >= 11 is 0. The van der Waals surface area contributed by atoms with Gasteiger partial charge in [0.2, 0.25) is 0 Å². The highest BCUT2D eigenvalue weighted by Gasteiger charge is 2.12. The molecular weight excluding hydrogens is 120 g/mol. The van der Waals surface area contributed by atoms with Crippen molar-refractivity contribution in [3.8, 4) is 0 Å². The highest BCUT2D eigenvalue weighted by Crippen LogP contribution is 2.30. The molecule has 0 aliphatic heterocycles. The first-order valence-corrected chi connectivity index (χ1v) is 4.26. The van der Waals surface area contributed by atoms with E-state index in [1.807, 2.05) is 0 Å². The van der Waals surface area contributed by atoms with Crippen LogP contribution in [0.2, 0.25) is 0 Å². The monoisotopic (exact) mass is 138 g/mol. The Kier molecular flexibility index (Phi) is 2.18. The molecule has 0 spiro atoms. The van der Waals surface area contributed by atoms with Gasteiger partial charge in [0.05, 0.1) is 0 Å². The van der Waals surface area contributed by atoms with Crippen molar-refractivity contribution >= 4 is 0 Å². The molecular formula is C10H18. The molecule has 0 nitrogen and oxygen atoms in total. The van der Waals surface area contributed by atoms with Crippen LogP contribution in [0, 0.1) is 5.41 Å². The third-order valence-corrected chi connectivity index (χ3v) is 1.87. The molecule has 10 heavy (non-hydrogen) atoms. The molecule has 0 unspecified atom stereocenters. The van der Waals surface area contributed by atoms with Gasteiger partial charge < -0.3 is 0 Å². The average Bonchev–Trinajstić information content (AvgIpc) is 2.45. The molecule has 1 rings (SSSR count). The molecule has 0 saturated heterocycles. The van der Waals surface area contributed by atoms with Crippen molar-refractivity contribution in [1.29, 1.82) is 0 Å². The summed E-state index contributed by atoms with van der Waals surface area (Å²) in [5.74, 6) is 0. The van der Waals surface area contributed by atoms with E-state index in [1.165, 1.54) is 25.7 Å². The predicted molar refractivity (Wildman–Crippen MR) is 46.0 cm³/mol. The van der Waals surface area contributed by atoms with Crippen molar-refractivity contribution < 1.29 is 0 Å². The molecule has 0 radical (unpaired) electrons. The molecule has 0 aromatic carbocycles.